The number of rotatable bonds is 3. The van der Waals surface area contributed by atoms with Gasteiger partial charge in [-0.2, -0.15) is 13.2 Å². The van der Waals surface area contributed by atoms with Crippen molar-refractivity contribution in [1.82, 2.24) is 10.6 Å². The molecule has 0 saturated carbocycles. The maximum atomic E-state index is 13.9. The molecule has 1 aliphatic heterocycles. The van der Waals surface area contributed by atoms with Crippen LogP contribution in [-0.4, -0.2) is 29.7 Å². The number of benzene rings is 1. The van der Waals surface area contributed by atoms with E-state index in [0.29, 0.717) is 0 Å². The highest BCUT2D eigenvalue weighted by Gasteiger charge is 2.69. The minimum Gasteiger partial charge on any atom is -0.459 e. The van der Waals surface area contributed by atoms with E-state index in [9.17, 15) is 31.9 Å². The van der Waals surface area contributed by atoms with Gasteiger partial charge in [-0.15, -0.1) is 0 Å². The van der Waals surface area contributed by atoms with Gasteiger partial charge in [-0.1, -0.05) is 12.1 Å². The maximum Gasteiger partial charge on any atom is 0.440 e. The Kier molecular flexibility index (Phi) is 3.93. The second-order valence-corrected chi connectivity index (χ2v) is 5.20. The lowest BCUT2D eigenvalue weighted by Crippen LogP contribution is -2.69. The number of alkyl halides is 3. The number of carbonyl (C=O) groups excluding carboxylic acids is 3. The Labute approximate surface area is 142 Å². The first kappa shape index (κ1) is 17.5. The Balaban J connectivity index is 2.04. The Morgan fingerprint density at radius 3 is 2.42 bits per heavy atom. The molecule has 2 heterocycles. The van der Waals surface area contributed by atoms with Crippen LogP contribution in [0.1, 0.15) is 10.6 Å². The standard InChI is InChI=1S/C15H9F4N3O4/c16-8-4-1-2-5-9(8)22-12(24)14(15(17,18)19,21-13(22)25)20-11(23)10-6-3-7-26-10/h1-7H,(H,20,23)(H,21,25)/t14-/m0/s1. The third-order valence-electron chi connectivity index (χ3n) is 3.59. The fourth-order valence-corrected chi connectivity index (χ4v) is 2.37. The van der Waals surface area contributed by atoms with E-state index < -0.39 is 46.9 Å². The van der Waals surface area contributed by atoms with Gasteiger partial charge in [0.05, 0.1) is 12.0 Å². The van der Waals surface area contributed by atoms with Crippen molar-refractivity contribution < 1.29 is 36.4 Å². The molecule has 0 spiro atoms. The lowest BCUT2D eigenvalue weighted by molar-refractivity contribution is -0.197. The van der Waals surface area contributed by atoms with Crippen molar-refractivity contribution in [2.45, 2.75) is 11.8 Å². The van der Waals surface area contributed by atoms with Crippen molar-refractivity contribution in [3.8, 4) is 0 Å². The maximum absolute atomic E-state index is 13.9. The molecule has 3 rings (SSSR count). The molecule has 1 atom stereocenters. The van der Waals surface area contributed by atoms with Gasteiger partial charge in [0.15, 0.2) is 5.76 Å². The summed E-state index contributed by atoms with van der Waals surface area (Å²) in [5, 5.41) is 2.83. The molecule has 0 unspecified atom stereocenters. The van der Waals surface area contributed by atoms with Crippen LogP contribution in [-0.2, 0) is 4.79 Å². The number of hydrogen-bond donors (Lipinski definition) is 2. The molecule has 1 fully saturated rings. The van der Waals surface area contributed by atoms with Crippen LogP contribution in [0.2, 0.25) is 0 Å². The predicted molar refractivity (Wildman–Crippen MR) is 77.4 cm³/mol. The quantitative estimate of drug-likeness (QED) is 0.639. The summed E-state index contributed by atoms with van der Waals surface area (Å²) in [6.45, 7) is 0. The van der Waals surface area contributed by atoms with E-state index in [-0.39, 0.29) is 4.90 Å². The summed E-state index contributed by atoms with van der Waals surface area (Å²) in [5.41, 5.74) is -4.45. The summed E-state index contributed by atoms with van der Waals surface area (Å²) in [7, 11) is 0. The highest BCUT2D eigenvalue weighted by atomic mass is 19.4. The van der Waals surface area contributed by atoms with Crippen LogP contribution in [0.25, 0.3) is 0 Å². The molecule has 1 aromatic carbocycles. The second kappa shape index (κ2) is 5.86. The molecule has 2 N–H and O–H groups in total. The van der Waals surface area contributed by atoms with Gasteiger partial charge in [0.1, 0.15) is 5.82 Å². The fraction of sp³-hybridized carbons (Fsp3) is 0.133. The predicted octanol–water partition coefficient (Wildman–Crippen LogP) is 2.16. The molecule has 4 amide bonds. The first-order valence-electron chi connectivity index (χ1n) is 7.01. The normalized spacial score (nSPS) is 20.2. The summed E-state index contributed by atoms with van der Waals surface area (Å²) < 4.78 is 59.4. The number of furan rings is 1. The van der Waals surface area contributed by atoms with Gasteiger partial charge in [-0.05, 0) is 24.3 Å². The number of anilines is 1. The molecule has 2 aromatic rings. The second-order valence-electron chi connectivity index (χ2n) is 5.20. The van der Waals surface area contributed by atoms with E-state index in [1.165, 1.54) is 28.8 Å². The molecular weight excluding hydrogens is 362 g/mol. The molecule has 1 aliphatic rings. The van der Waals surface area contributed by atoms with E-state index in [4.69, 9.17) is 0 Å². The van der Waals surface area contributed by atoms with E-state index in [1.807, 2.05) is 0 Å². The molecule has 1 saturated heterocycles. The number of urea groups is 1. The van der Waals surface area contributed by atoms with Crippen molar-refractivity contribution in [2.75, 3.05) is 4.90 Å². The Morgan fingerprint density at radius 2 is 1.85 bits per heavy atom. The van der Waals surface area contributed by atoms with E-state index in [1.54, 1.807) is 0 Å². The molecule has 0 aliphatic carbocycles. The van der Waals surface area contributed by atoms with Gasteiger partial charge in [-0.25, -0.2) is 14.1 Å². The molecule has 136 valence electrons. The van der Waals surface area contributed by atoms with Gasteiger partial charge in [-0.3, -0.25) is 14.9 Å². The van der Waals surface area contributed by atoms with Crippen molar-refractivity contribution in [3.63, 3.8) is 0 Å². The average molecular weight is 371 g/mol. The first-order chi connectivity index (χ1) is 12.2. The summed E-state index contributed by atoms with van der Waals surface area (Å²) in [5.74, 6) is -4.90. The number of imide groups is 1. The molecule has 0 bridgehead atoms. The van der Waals surface area contributed by atoms with Crippen LogP contribution in [0.5, 0.6) is 0 Å². The Morgan fingerprint density at radius 1 is 1.15 bits per heavy atom. The number of nitrogens with zero attached hydrogens (tertiary/aromatic N) is 1. The number of hydrogen-bond acceptors (Lipinski definition) is 4. The van der Waals surface area contributed by atoms with Crippen LogP contribution in [0.15, 0.2) is 47.1 Å². The summed E-state index contributed by atoms with van der Waals surface area (Å²) in [6.07, 6.45) is -4.38. The average Bonchev–Trinajstić information content (AvgIpc) is 3.16. The van der Waals surface area contributed by atoms with Crippen molar-refractivity contribution in [3.05, 3.63) is 54.2 Å². The zero-order chi connectivity index (χ0) is 19.1. The molecule has 11 heteroatoms. The zero-order valence-corrected chi connectivity index (χ0v) is 12.6. The van der Waals surface area contributed by atoms with Crippen molar-refractivity contribution in [2.24, 2.45) is 0 Å². The van der Waals surface area contributed by atoms with Gasteiger partial charge >= 0.3 is 12.2 Å². The van der Waals surface area contributed by atoms with Crippen LogP contribution < -0.4 is 15.5 Å². The van der Waals surface area contributed by atoms with Gasteiger partial charge < -0.3 is 9.73 Å². The van der Waals surface area contributed by atoms with Crippen LogP contribution in [0.4, 0.5) is 28.0 Å². The first-order valence-corrected chi connectivity index (χ1v) is 7.01. The Hall–Kier alpha value is -3.37. The number of amides is 4. The lowest BCUT2D eigenvalue weighted by atomic mass is 10.1. The minimum atomic E-state index is -5.41. The third-order valence-corrected chi connectivity index (χ3v) is 3.59. The minimum absolute atomic E-state index is 0.0226. The third kappa shape index (κ3) is 2.57. The molecule has 7 nitrogen and oxygen atoms in total. The van der Waals surface area contributed by atoms with Gasteiger partial charge in [0, 0.05) is 0 Å². The highest BCUT2D eigenvalue weighted by molar-refractivity contribution is 6.24. The van der Waals surface area contributed by atoms with Crippen molar-refractivity contribution in [1.29, 1.82) is 0 Å². The van der Waals surface area contributed by atoms with E-state index in [2.05, 4.69) is 4.42 Å². The van der Waals surface area contributed by atoms with Gasteiger partial charge in [0.2, 0.25) is 0 Å². The summed E-state index contributed by atoms with van der Waals surface area (Å²) in [4.78, 5) is 36.4. The van der Waals surface area contributed by atoms with E-state index >= 15 is 0 Å². The lowest BCUT2D eigenvalue weighted by Gasteiger charge is -2.29. The SMILES string of the molecule is O=C(N[C@]1(C(F)(F)F)NC(=O)N(c2ccccc2F)C1=O)c1ccco1. The summed E-state index contributed by atoms with van der Waals surface area (Å²) in [6, 6.07) is 5.04. The summed E-state index contributed by atoms with van der Waals surface area (Å²) >= 11 is 0. The fourth-order valence-electron chi connectivity index (χ4n) is 2.37. The molecular formula is C15H9F4N3O4. The molecule has 26 heavy (non-hydrogen) atoms. The Bertz CT molecular complexity index is 881. The van der Waals surface area contributed by atoms with Crippen LogP contribution in [0, 0.1) is 5.82 Å². The topological polar surface area (TPSA) is 91.7 Å². The highest BCUT2D eigenvalue weighted by Crippen LogP contribution is 2.36. The monoisotopic (exact) mass is 371 g/mol. The molecule has 0 radical (unpaired) electrons. The largest absolute Gasteiger partial charge is 0.459 e. The van der Waals surface area contributed by atoms with Crippen LogP contribution in [0.3, 0.4) is 0 Å². The van der Waals surface area contributed by atoms with Crippen molar-refractivity contribution >= 4 is 23.5 Å². The number of carbonyl (C=O) groups is 3. The zero-order valence-electron chi connectivity index (χ0n) is 12.6. The van der Waals surface area contributed by atoms with Crippen LogP contribution >= 0.6 is 0 Å². The van der Waals surface area contributed by atoms with Gasteiger partial charge in [0.25, 0.3) is 17.5 Å². The van der Waals surface area contributed by atoms with E-state index in [0.717, 1.165) is 24.5 Å². The number of para-hydroxylation sites is 1. The molecule has 1 aromatic heterocycles. The number of nitrogens with one attached hydrogen (secondary N) is 2. The number of halogens is 4. The smallest absolute Gasteiger partial charge is 0.440 e.